The van der Waals surface area contributed by atoms with Gasteiger partial charge in [-0.3, -0.25) is 0 Å². The van der Waals surface area contributed by atoms with E-state index < -0.39 is 6.10 Å². The minimum atomic E-state index is -0.485. The second-order valence-electron chi connectivity index (χ2n) is 4.43. The van der Waals surface area contributed by atoms with Crippen molar-refractivity contribution in [1.29, 1.82) is 0 Å². The lowest BCUT2D eigenvalue weighted by molar-refractivity contribution is 0.144. The number of rotatable bonds is 5. The molecule has 2 aromatic rings. The Balaban J connectivity index is 2.26. The van der Waals surface area contributed by atoms with Gasteiger partial charge < -0.3 is 10.4 Å². The highest BCUT2D eigenvalue weighted by Crippen LogP contribution is 2.30. The van der Waals surface area contributed by atoms with Crippen molar-refractivity contribution in [2.45, 2.75) is 12.0 Å². The van der Waals surface area contributed by atoms with Crippen LogP contribution in [0.2, 0.25) is 0 Å². The van der Waals surface area contributed by atoms with Crippen molar-refractivity contribution in [2.24, 2.45) is 0 Å². The van der Waals surface area contributed by atoms with Crippen molar-refractivity contribution >= 4 is 0 Å². The summed E-state index contributed by atoms with van der Waals surface area (Å²) in [4.78, 5) is 0. The molecular formula is C16H19NO. The average Bonchev–Trinajstić information content (AvgIpc) is 2.46. The predicted molar refractivity (Wildman–Crippen MR) is 74.5 cm³/mol. The molecule has 0 saturated heterocycles. The van der Waals surface area contributed by atoms with Gasteiger partial charge in [0.25, 0.3) is 0 Å². The van der Waals surface area contributed by atoms with Crippen molar-refractivity contribution < 1.29 is 5.11 Å². The Bertz CT molecular complexity index is 455. The van der Waals surface area contributed by atoms with Crippen LogP contribution < -0.4 is 5.32 Å². The fourth-order valence-corrected chi connectivity index (χ4v) is 2.21. The molecule has 0 radical (unpaired) electrons. The summed E-state index contributed by atoms with van der Waals surface area (Å²) in [6, 6.07) is 20.0. The maximum absolute atomic E-state index is 10.5. The summed E-state index contributed by atoms with van der Waals surface area (Å²) in [6.07, 6.45) is -0.485. The summed E-state index contributed by atoms with van der Waals surface area (Å²) in [7, 11) is 1.91. The van der Waals surface area contributed by atoms with Crippen LogP contribution in [0.15, 0.2) is 60.7 Å². The molecule has 2 heteroatoms. The molecule has 0 bridgehead atoms. The molecule has 0 aromatic heterocycles. The number of hydrogen-bond acceptors (Lipinski definition) is 2. The fraction of sp³-hybridized carbons (Fsp3) is 0.250. The van der Waals surface area contributed by atoms with Crippen molar-refractivity contribution in [3.63, 3.8) is 0 Å². The van der Waals surface area contributed by atoms with Gasteiger partial charge in [0.2, 0.25) is 0 Å². The summed E-state index contributed by atoms with van der Waals surface area (Å²) >= 11 is 0. The summed E-state index contributed by atoms with van der Waals surface area (Å²) in [6.45, 7) is 0.750. The Morgan fingerprint density at radius 1 is 0.889 bits per heavy atom. The Kier molecular flexibility index (Phi) is 4.51. The summed E-state index contributed by atoms with van der Waals surface area (Å²) in [5.74, 6) is 0.0681. The Morgan fingerprint density at radius 3 is 1.89 bits per heavy atom. The van der Waals surface area contributed by atoms with Crippen LogP contribution >= 0.6 is 0 Å². The van der Waals surface area contributed by atoms with Crippen molar-refractivity contribution in [2.75, 3.05) is 13.6 Å². The highest BCUT2D eigenvalue weighted by molar-refractivity contribution is 5.27. The van der Waals surface area contributed by atoms with Crippen LogP contribution in [0.3, 0.4) is 0 Å². The fourth-order valence-electron chi connectivity index (χ4n) is 2.21. The predicted octanol–water partition coefficient (Wildman–Crippen LogP) is 2.72. The molecule has 2 aromatic carbocycles. The van der Waals surface area contributed by atoms with E-state index in [9.17, 15) is 5.11 Å². The molecule has 18 heavy (non-hydrogen) atoms. The van der Waals surface area contributed by atoms with E-state index in [-0.39, 0.29) is 5.92 Å². The largest absolute Gasteiger partial charge is 0.388 e. The lowest BCUT2D eigenvalue weighted by Crippen LogP contribution is -2.23. The summed E-state index contributed by atoms with van der Waals surface area (Å²) < 4.78 is 0. The van der Waals surface area contributed by atoms with Gasteiger partial charge in [-0.05, 0) is 18.2 Å². The zero-order chi connectivity index (χ0) is 12.8. The SMILES string of the molecule is CNCC(c1ccccc1)C(O)c1ccccc1. The molecule has 2 rings (SSSR count). The van der Waals surface area contributed by atoms with Gasteiger partial charge in [-0.25, -0.2) is 0 Å². The molecule has 0 saturated carbocycles. The van der Waals surface area contributed by atoms with E-state index in [0.29, 0.717) is 0 Å². The third kappa shape index (κ3) is 2.97. The van der Waals surface area contributed by atoms with E-state index in [1.807, 2.05) is 55.6 Å². The smallest absolute Gasteiger partial charge is 0.0870 e. The molecule has 0 heterocycles. The van der Waals surface area contributed by atoms with Crippen LogP contribution in [0.25, 0.3) is 0 Å². The monoisotopic (exact) mass is 241 g/mol. The molecule has 2 nitrogen and oxygen atoms in total. The molecule has 94 valence electrons. The van der Waals surface area contributed by atoms with Crippen molar-refractivity contribution in [1.82, 2.24) is 5.32 Å². The lowest BCUT2D eigenvalue weighted by atomic mass is 9.89. The first-order valence-corrected chi connectivity index (χ1v) is 6.25. The van der Waals surface area contributed by atoms with Gasteiger partial charge in [0.05, 0.1) is 6.10 Å². The zero-order valence-electron chi connectivity index (χ0n) is 10.6. The van der Waals surface area contributed by atoms with Gasteiger partial charge in [-0.15, -0.1) is 0 Å². The Labute approximate surface area is 108 Å². The van der Waals surface area contributed by atoms with E-state index in [0.717, 1.165) is 17.7 Å². The Hall–Kier alpha value is -1.64. The first-order chi connectivity index (χ1) is 8.83. The van der Waals surface area contributed by atoms with E-state index in [4.69, 9.17) is 0 Å². The number of hydrogen-bond donors (Lipinski definition) is 2. The highest BCUT2D eigenvalue weighted by Gasteiger charge is 2.21. The first-order valence-electron chi connectivity index (χ1n) is 6.25. The van der Waals surface area contributed by atoms with E-state index in [2.05, 4.69) is 17.4 Å². The van der Waals surface area contributed by atoms with Gasteiger partial charge in [-0.2, -0.15) is 0 Å². The summed E-state index contributed by atoms with van der Waals surface area (Å²) in [5.41, 5.74) is 2.12. The van der Waals surface area contributed by atoms with Crippen molar-refractivity contribution in [3.8, 4) is 0 Å². The van der Waals surface area contributed by atoms with Gasteiger partial charge in [0, 0.05) is 12.5 Å². The number of likely N-dealkylation sites (N-methyl/N-ethyl adjacent to an activating group) is 1. The molecule has 0 spiro atoms. The third-order valence-corrected chi connectivity index (χ3v) is 3.17. The molecule has 0 fully saturated rings. The molecule has 0 amide bonds. The first kappa shape index (κ1) is 12.8. The minimum absolute atomic E-state index is 0.0681. The molecule has 0 aliphatic rings. The maximum Gasteiger partial charge on any atom is 0.0870 e. The van der Waals surface area contributed by atoms with Gasteiger partial charge in [-0.1, -0.05) is 60.7 Å². The van der Waals surface area contributed by atoms with E-state index in [1.54, 1.807) is 0 Å². The molecule has 0 aliphatic heterocycles. The van der Waals surface area contributed by atoms with Gasteiger partial charge >= 0.3 is 0 Å². The molecule has 2 N–H and O–H groups in total. The Morgan fingerprint density at radius 2 is 1.39 bits per heavy atom. The van der Waals surface area contributed by atoms with Crippen molar-refractivity contribution in [3.05, 3.63) is 71.8 Å². The van der Waals surface area contributed by atoms with Crippen LogP contribution in [0.5, 0.6) is 0 Å². The number of aliphatic hydroxyl groups is 1. The molecule has 2 unspecified atom stereocenters. The maximum atomic E-state index is 10.5. The standard InChI is InChI=1S/C16H19NO/c1-17-12-15(13-8-4-2-5-9-13)16(18)14-10-6-3-7-11-14/h2-11,15-18H,12H2,1H3. The normalized spacial score (nSPS) is 14.1. The quantitative estimate of drug-likeness (QED) is 0.843. The highest BCUT2D eigenvalue weighted by atomic mass is 16.3. The second kappa shape index (κ2) is 6.34. The topological polar surface area (TPSA) is 32.3 Å². The number of nitrogens with one attached hydrogen (secondary N) is 1. The molecule has 0 aliphatic carbocycles. The summed E-state index contributed by atoms with van der Waals surface area (Å²) in [5, 5.41) is 13.7. The van der Waals surface area contributed by atoms with Crippen LogP contribution in [-0.4, -0.2) is 18.7 Å². The van der Waals surface area contributed by atoms with Crippen LogP contribution in [0.1, 0.15) is 23.1 Å². The number of aliphatic hydroxyl groups excluding tert-OH is 1. The second-order valence-corrected chi connectivity index (χ2v) is 4.43. The molecular weight excluding hydrogens is 222 g/mol. The van der Waals surface area contributed by atoms with Gasteiger partial charge in [0.1, 0.15) is 0 Å². The third-order valence-electron chi connectivity index (χ3n) is 3.17. The number of benzene rings is 2. The van der Waals surface area contributed by atoms with E-state index >= 15 is 0 Å². The van der Waals surface area contributed by atoms with Crippen LogP contribution in [0, 0.1) is 0 Å². The lowest BCUT2D eigenvalue weighted by Gasteiger charge is -2.23. The van der Waals surface area contributed by atoms with Crippen LogP contribution in [-0.2, 0) is 0 Å². The van der Waals surface area contributed by atoms with Crippen LogP contribution in [0.4, 0.5) is 0 Å². The van der Waals surface area contributed by atoms with Gasteiger partial charge in [0.15, 0.2) is 0 Å². The van der Waals surface area contributed by atoms with E-state index in [1.165, 1.54) is 0 Å². The average molecular weight is 241 g/mol. The minimum Gasteiger partial charge on any atom is -0.388 e. The zero-order valence-corrected chi connectivity index (χ0v) is 10.6. The molecule has 2 atom stereocenters.